The summed E-state index contributed by atoms with van der Waals surface area (Å²) in [5, 5.41) is 8.61. The molecule has 0 bridgehead atoms. The number of hydrogen-bond acceptors (Lipinski definition) is 9. The fourth-order valence-corrected chi connectivity index (χ4v) is 6.16. The molecule has 6 rings (SSSR count). The average molecular weight is 538 g/mol. The Balaban J connectivity index is 1.30. The zero-order valence-electron chi connectivity index (χ0n) is 20.8. The van der Waals surface area contributed by atoms with Gasteiger partial charge in [0.1, 0.15) is 4.88 Å². The number of carbonyl (C=O) groups is 1. The number of anilines is 1. The summed E-state index contributed by atoms with van der Waals surface area (Å²) >= 11 is 7.63. The Morgan fingerprint density at radius 3 is 2.76 bits per heavy atom. The molecule has 11 heteroatoms. The molecule has 1 amide bonds. The number of pyridine rings is 1. The zero-order chi connectivity index (χ0) is 25.5. The van der Waals surface area contributed by atoms with Gasteiger partial charge in [0.05, 0.1) is 11.2 Å². The van der Waals surface area contributed by atoms with Crippen molar-refractivity contribution < 1.29 is 9.53 Å². The number of nitrogens with zero attached hydrogens (tertiary/aromatic N) is 5. The molecule has 2 aliphatic heterocycles. The number of thiophene rings is 1. The highest BCUT2D eigenvalue weighted by Gasteiger charge is 2.25. The van der Waals surface area contributed by atoms with Gasteiger partial charge in [0.25, 0.3) is 5.91 Å². The summed E-state index contributed by atoms with van der Waals surface area (Å²) in [6.07, 6.45) is 1.74. The summed E-state index contributed by atoms with van der Waals surface area (Å²) in [5.74, 6) is 0.806. The van der Waals surface area contributed by atoms with Crippen LogP contribution in [0.3, 0.4) is 0 Å². The van der Waals surface area contributed by atoms with Crippen LogP contribution in [-0.2, 0) is 6.54 Å². The van der Waals surface area contributed by atoms with Gasteiger partial charge >= 0.3 is 0 Å². The van der Waals surface area contributed by atoms with Crippen molar-refractivity contribution in [3.05, 3.63) is 46.2 Å². The lowest BCUT2D eigenvalue weighted by molar-refractivity contribution is 0.0949. The Morgan fingerprint density at radius 1 is 1.14 bits per heavy atom. The van der Waals surface area contributed by atoms with Crippen LogP contribution in [0.1, 0.15) is 29.1 Å². The third-order valence-electron chi connectivity index (χ3n) is 6.97. The average Bonchev–Trinajstić information content (AvgIpc) is 3.22. The first-order chi connectivity index (χ1) is 18.0. The topological polar surface area (TPSA) is 95.5 Å². The van der Waals surface area contributed by atoms with Gasteiger partial charge in [0.2, 0.25) is 17.0 Å². The van der Waals surface area contributed by atoms with E-state index in [0.717, 1.165) is 65.0 Å². The summed E-state index contributed by atoms with van der Waals surface area (Å²) in [5.41, 5.74) is 2.53. The van der Waals surface area contributed by atoms with E-state index in [-0.39, 0.29) is 17.2 Å². The molecule has 1 saturated heterocycles. The first kappa shape index (κ1) is 24.3. The van der Waals surface area contributed by atoms with Gasteiger partial charge in [-0.05, 0) is 43.3 Å². The number of halogens is 1. The number of hydrogen-bond donors (Lipinski definition) is 2. The van der Waals surface area contributed by atoms with E-state index in [1.165, 1.54) is 11.3 Å². The van der Waals surface area contributed by atoms with Crippen molar-refractivity contribution >= 4 is 55.5 Å². The third-order valence-corrected chi connectivity index (χ3v) is 8.30. The molecule has 3 aromatic heterocycles. The summed E-state index contributed by atoms with van der Waals surface area (Å²) < 4.78 is 7.22. The van der Waals surface area contributed by atoms with Crippen molar-refractivity contribution in [3.63, 3.8) is 0 Å². The van der Waals surface area contributed by atoms with Gasteiger partial charge in [-0.1, -0.05) is 6.92 Å². The van der Waals surface area contributed by atoms with E-state index in [1.54, 1.807) is 6.20 Å². The summed E-state index contributed by atoms with van der Waals surface area (Å²) in [6.45, 7) is 10.7. The van der Waals surface area contributed by atoms with Crippen LogP contribution in [0.2, 0.25) is 5.28 Å². The van der Waals surface area contributed by atoms with Crippen molar-refractivity contribution in [2.45, 2.75) is 26.4 Å². The van der Waals surface area contributed by atoms with E-state index in [4.69, 9.17) is 21.3 Å². The second-order valence-electron chi connectivity index (χ2n) is 9.50. The lowest BCUT2D eigenvalue weighted by Crippen LogP contribution is -2.45. The number of piperazine rings is 1. The summed E-state index contributed by atoms with van der Waals surface area (Å²) in [6, 6.07) is 7.86. The van der Waals surface area contributed by atoms with Crippen LogP contribution in [0.4, 0.5) is 5.69 Å². The number of rotatable bonds is 5. The van der Waals surface area contributed by atoms with Crippen LogP contribution in [0, 0.1) is 0 Å². The zero-order valence-corrected chi connectivity index (χ0v) is 22.3. The molecule has 2 N–H and O–H groups in total. The fraction of sp³-hybridized carbons (Fsp3) is 0.385. The van der Waals surface area contributed by atoms with Gasteiger partial charge in [-0.3, -0.25) is 9.69 Å². The number of carbonyl (C=O) groups excluding carboxylic acids is 1. The van der Waals surface area contributed by atoms with Gasteiger partial charge in [0.15, 0.2) is 0 Å². The first-order valence-electron chi connectivity index (χ1n) is 12.5. The van der Waals surface area contributed by atoms with Crippen molar-refractivity contribution in [1.82, 2.24) is 30.1 Å². The fourth-order valence-electron chi connectivity index (χ4n) is 4.93. The first-order valence-corrected chi connectivity index (χ1v) is 13.7. The van der Waals surface area contributed by atoms with Gasteiger partial charge in [-0.15, -0.1) is 11.3 Å². The molecule has 1 fully saturated rings. The molecule has 0 spiro atoms. The smallest absolute Gasteiger partial charge is 0.263 e. The molecular weight excluding hydrogens is 510 g/mol. The molecule has 1 atom stereocenters. The number of amides is 1. The Bertz CT molecular complexity index is 1490. The number of ether oxygens (including phenoxy) is 1. The second kappa shape index (κ2) is 10.0. The minimum Gasteiger partial charge on any atom is -0.420 e. The van der Waals surface area contributed by atoms with E-state index in [1.807, 2.05) is 31.2 Å². The Hall–Kier alpha value is -3.05. The lowest BCUT2D eigenvalue weighted by Gasteiger charge is -2.34. The highest BCUT2D eigenvalue weighted by atomic mass is 35.5. The Labute approximate surface area is 223 Å². The minimum atomic E-state index is -0.0426. The monoisotopic (exact) mass is 537 g/mol. The number of aromatic nitrogens is 3. The molecule has 5 heterocycles. The molecule has 0 saturated carbocycles. The van der Waals surface area contributed by atoms with E-state index in [9.17, 15) is 4.79 Å². The van der Waals surface area contributed by atoms with Gasteiger partial charge in [-0.25, -0.2) is 9.97 Å². The van der Waals surface area contributed by atoms with E-state index >= 15 is 0 Å². The molecule has 192 valence electrons. The van der Waals surface area contributed by atoms with E-state index in [2.05, 4.69) is 37.3 Å². The van der Waals surface area contributed by atoms with Crippen molar-refractivity contribution in [2.24, 2.45) is 0 Å². The van der Waals surface area contributed by atoms with E-state index in [0.29, 0.717) is 29.7 Å². The highest BCUT2D eigenvalue weighted by Crippen LogP contribution is 2.41. The Morgan fingerprint density at radius 2 is 1.95 bits per heavy atom. The summed E-state index contributed by atoms with van der Waals surface area (Å²) in [4.78, 5) is 31.6. The van der Waals surface area contributed by atoms with Crippen LogP contribution < -0.4 is 15.4 Å². The van der Waals surface area contributed by atoms with Gasteiger partial charge in [0, 0.05) is 78.6 Å². The quantitative estimate of drug-likeness (QED) is 0.362. The molecule has 0 unspecified atom stereocenters. The normalized spacial score (nSPS) is 18.9. The number of nitrogens with one attached hydrogen (secondary N) is 2. The number of benzene rings is 1. The van der Waals surface area contributed by atoms with Gasteiger partial charge < -0.3 is 20.3 Å². The van der Waals surface area contributed by atoms with Crippen LogP contribution in [-0.4, -0.2) is 76.0 Å². The maximum Gasteiger partial charge on any atom is 0.263 e. The molecular formula is C26H28ClN7O2S. The molecule has 4 aromatic rings. The number of likely N-dealkylation sites (N-methyl/N-ethyl adjacent to an activating group) is 1. The minimum absolute atomic E-state index is 0.0426. The van der Waals surface area contributed by atoms with Crippen LogP contribution in [0.25, 0.3) is 21.0 Å². The molecule has 0 radical (unpaired) electrons. The van der Waals surface area contributed by atoms with Crippen molar-refractivity contribution in [3.8, 4) is 11.8 Å². The largest absolute Gasteiger partial charge is 0.420 e. The van der Waals surface area contributed by atoms with Crippen LogP contribution >= 0.6 is 22.9 Å². The predicted octanol–water partition coefficient (Wildman–Crippen LogP) is 4.37. The third kappa shape index (κ3) is 4.82. The molecule has 1 aromatic carbocycles. The Kier molecular flexibility index (Phi) is 6.58. The second-order valence-corrected chi connectivity index (χ2v) is 10.9. The van der Waals surface area contributed by atoms with E-state index < -0.39 is 0 Å². The highest BCUT2D eigenvalue weighted by molar-refractivity contribution is 7.21. The maximum absolute atomic E-state index is 12.7. The van der Waals surface area contributed by atoms with Crippen molar-refractivity contribution in [2.75, 3.05) is 44.6 Å². The lowest BCUT2D eigenvalue weighted by atomic mass is 10.1. The van der Waals surface area contributed by atoms with Gasteiger partial charge in [-0.2, -0.15) is 4.98 Å². The molecule has 9 nitrogen and oxygen atoms in total. The molecule has 0 aliphatic carbocycles. The van der Waals surface area contributed by atoms with Crippen molar-refractivity contribution in [1.29, 1.82) is 0 Å². The van der Waals surface area contributed by atoms with Crippen LogP contribution in [0.15, 0.2) is 30.5 Å². The maximum atomic E-state index is 12.7. The van der Waals surface area contributed by atoms with Crippen LogP contribution in [0.5, 0.6) is 11.8 Å². The molecule has 2 aliphatic rings. The summed E-state index contributed by atoms with van der Waals surface area (Å²) in [7, 11) is 0. The standard InChI is InChI=1S/C26H28ClN7O2S/c1-3-33-8-10-34(11-9-33)14-16-13-29-26(27)32-25(16)36-20-7-4-17-18(31-20)5-6-19-21(17)22-23(37-19)24(35)30-15(2)12-28-22/h4-7,13,15,28H,3,8-12,14H2,1-2H3,(H,30,35)/t15-/m0/s1. The predicted molar refractivity (Wildman–Crippen MR) is 147 cm³/mol. The number of fused-ring (bicyclic) bond motifs is 5. The molecule has 37 heavy (non-hydrogen) atoms. The SMILES string of the molecule is CCN1CCN(Cc2cnc(Cl)nc2Oc2ccc3c(ccc4sc5c(c43)NC[C@H](C)NC5=O)n2)CC1.